The summed E-state index contributed by atoms with van der Waals surface area (Å²) >= 11 is 0. The van der Waals surface area contributed by atoms with Gasteiger partial charge in [0, 0.05) is 30.9 Å². The molecule has 0 aromatic carbocycles. The maximum Gasteiger partial charge on any atom is 0.253 e. The van der Waals surface area contributed by atoms with Crippen molar-refractivity contribution in [2.45, 2.75) is 38.6 Å². The van der Waals surface area contributed by atoms with E-state index in [9.17, 15) is 4.79 Å². The van der Waals surface area contributed by atoms with Crippen LogP contribution in [0.4, 0.5) is 5.95 Å². The number of anilines is 1. The Morgan fingerprint density at radius 1 is 1.43 bits per heavy atom. The van der Waals surface area contributed by atoms with Crippen molar-refractivity contribution in [1.29, 1.82) is 0 Å². The number of hydrogen-bond donors (Lipinski definition) is 2. The normalized spacial score (nSPS) is 20.7. The van der Waals surface area contributed by atoms with E-state index in [1.54, 1.807) is 6.20 Å². The van der Waals surface area contributed by atoms with Crippen molar-refractivity contribution in [3.8, 4) is 11.4 Å². The third-order valence-corrected chi connectivity index (χ3v) is 5.19. The number of fused-ring (bicyclic) bond motifs is 1. The number of nitrogens with two attached hydrogens (primary N) is 1. The fourth-order valence-corrected chi connectivity index (χ4v) is 3.84. The minimum absolute atomic E-state index is 0.0195. The second-order valence-corrected chi connectivity index (χ2v) is 6.38. The third kappa shape index (κ3) is 2.20. The zero-order chi connectivity index (χ0) is 16.0. The molecule has 1 amide bonds. The number of carbonyl (C=O) groups excluding carboxylic acids is 1. The average molecular weight is 311 g/mol. The summed E-state index contributed by atoms with van der Waals surface area (Å²) in [5.74, 6) is 1.36. The number of aromatic nitrogens is 3. The molecule has 1 fully saturated rings. The number of nitrogens with zero attached hydrogens (tertiary/aromatic N) is 3. The first-order chi connectivity index (χ1) is 11.2. The largest absolute Gasteiger partial charge is 0.368 e. The lowest BCUT2D eigenvalue weighted by atomic mass is 9.73. The van der Waals surface area contributed by atoms with Crippen molar-refractivity contribution in [2.75, 3.05) is 12.3 Å². The van der Waals surface area contributed by atoms with Gasteiger partial charge in [0.2, 0.25) is 5.95 Å². The van der Waals surface area contributed by atoms with E-state index in [0.717, 1.165) is 30.0 Å². The molecule has 4 rings (SSSR count). The highest BCUT2D eigenvalue weighted by atomic mass is 16.1. The monoisotopic (exact) mass is 311 g/mol. The van der Waals surface area contributed by atoms with Crippen LogP contribution in [0, 0.1) is 5.92 Å². The van der Waals surface area contributed by atoms with Crippen LogP contribution in [0.3, 0.4) is 0 Å². The zero-order valence-electron chi connectivity index (χ0n) is 13.2. The summed E-state index contributed by atoms with van der Waals surface area (Å²) in [6.07, 6.45) is 5.47. The molecule has 120 valence electrons. The Bertz CT molecular complexity index is 762. The lowest BCUT2D eigenvalue weighted by Crippen LogP contribution is -2.40. The van der Waals surface area contributed by atoms with Gasteiger partial charge in [-0.1, -0.05) is 6.42 Å². The molecule has 0 saturated heterocycles. The van der Waals surface area contributed by atoms with Gasteiger partial charge in [0.15, 0.2) is 0 Å². The number of rotatable bonds is 3. The lowest BCUT2D eigenvalue weighted by molar-refractivity contribution is 0.0924. The predicted octanol–water partition coefficient (Wildman–Crippen LogP) is 2.17. The van der Waals surface area contributed by atoms with Crippen LogP contribution < -0.4 is 11.1 Å². The van der Waals surface area contributed by atoms with Gasteiger partial charge in [0.25, 0.3) is 5.91 Å². The molecule has 1 unspecified atom stereocenters. The summed E-state index contributed by atoms with van der Waals surface area (Å²) in [6, 6.07) is 3.81. The summed E-state index contributed by atoms with van der Waals surface area (Å²) < 4.78 is 2.23. The molecule has 2 aromatic heterocycles. The van der Waals surface area contributed by atoms with Crippen molar-refractivity contribution < 1.29 is 4.79 Å². The zero-order valence-corrected chi connectivity index (χ0v) is 13.2. The Kier molecular flexibility index (Phi) is 3.32. The fraction of sp³-hybridized carbons (Fsp3) is 0.471. The van der Waals surface area contributed by atoms with Crippen LogP contribution in [0.15, 0.2) is 18.3 Å². The second kappa shape index (κ2) is 5.37. The summed E-state index contributed by atoms with van der Waals surface area (Å²) in [7, 11) is 0. The van der Waals surface area contributed by atoms with E-state index in [4.69, 9.17) is 5.73 Å². The van der Waals surface area contributed by atoms with Crippen molar-refractivity contribution in [3.63, 3.8) is 0 Å². The molecule has 0 spiro atoms. The van der Waals surface area contributed by atoms with E-state index < -0.39 is 0 Å². The Labute approximate surface area is 135 Å². The van der Waals surface area contributed by atoms with Crippen LogP contribution in [0.1, 0.15) is 48.2 Å². The van der Waals surface area contributed by atoms with E-state index in [1.165, 1.54) is 25.0 Å². The first-order valence-corrected chi connectivity index (χ1v) is 8.29. The molecule has 6 nitrogen and oxygen atoms in total. The average Bonchev–Trinajstić information content (AvgIpc) is 2.88. The first kappa shape index (κ1) is 14.2. The number of hydrogen-bond acceptors (Lipinski definition) is 4. The van der Waals surface area contributed by atoms with Crippen LogP contribution in [-0.2, 0) is 6.54 Å². The van der Waals surface area contributed by atoms with Gasteiger partial charge < -0.3 is 15.6 Å². The fourth-order valence-electron chi connectivity index (χ4n) is 3.84. The number of carbonyl (C=O) groups is 1. The highest BCUT2D eigenvalue weighted by Crippen LogP contribution is 2.43. The predicted molar refractivity (Wildman–Crippen MR) is 88.0 cm³/mol. The van der Waals surface area contributed by atoms with E-state index >= 15 is 0 Å². The summed E-state index contributed by atoms with van der Waals surface area (Å²) in [5.41, 5.74) is 9.42. The third-order valence-electron chi connectivity index (χ3n) is 5.19. The van der Waals surface area contributed by atoms with Crippen molar-refractivity contribution >= 4 is 11.9 Å². The summed E-state index contributed by atoms with van der Waals surface area (Å²) in [4.78, 5) is 20.7. The number of nitrogens with one attached hydrogen (secondary N) is 1. The Balaban J connectivity index is 1.87. The van der Waals surface area contributed by atoms with Crippen molar-refractivity contribution in [2.24, 2.45) is 5.92 Å². The molecule has 3 heterocycles. The van der Waals surface area contributed by atoms with Gasteiger partial charge in [0.1, 0.15) is 0 Å². The molecular weight excluding hydrogens is 290 g/mol. The maximum atomic E-state index is 12.4. The molecule has 23 heavy (non-hydrogen) atoms. The minimum atomic E-state index is 0.0195. The molecule has 0 bridgehead atoms. The molecule has 1 atom stereocenters. The molecule has 3 N–H and O–H groups in total. The topological polar surface area (TPSA) is 85.8 Å². The second-order valence-electron chi connectivity index (χ2n) is 6.38. The highest BCUT2D eigenvalue weighted by Gasteiger charge is 2.37. The van der Waals surface area contributed by atoms with Crippen LogP contribution in [-0.4, -0.2) is 27.0 Å². The van der Waals surface area contributed by atoms with Gasteiger partial charge in [-0.05, 0) is 37.8 Å². The van der Waals surface area contributed by atoms with Gasteiger partial charge in [-0.3, -0.25) is 4.79 Å². The minimum Gasteiger partial charge on any atom is -0.368 e. The van der Waals surface area contributed by atoms with Crippen LogP contribution in [0.25, 0.3) is 11.4 Å². The molecule has 1 aliphatic carbocycles. The Hall–Kier alpha value is -2.37. The van der Waals surface area contributed by atoms with Gasteiger partial charge in [0.05, 0.1) is 17.0 Å². The smallest absolute Gasteiger partial charge is 0.253 e. The van der Waals surface area contributed by atoms with Crippen LogP contribution in [0.2, 0.25) is 0 Å². The summed E-state index contributed by atoms with van der Waals surface area (Å²) in [6.45, 7) is 3.66. The molecule has 1 saturated carbocycles. The standard InChI is InChI=1S/C17H21N5O/c1-2-22-14(13-6-7-19-17(18)21-13)8-11-15(22)12(9-20-16(11)23)10-4-3-5-10/h6-8,10,12H,2-5,9H2,1H3,(H,20,23)(H2,18,19,21). The maximum absolute atomic E-state index is 12.4. The molecule has 6 heteroatoms. The van der Waals surface area contributed by atoms with E-state index in [1.807, 2.05) is 12.1 Å². The number of amides is 1. The lowest BCUT2D eigenvalue weighted by Gasteiger charge is -2.37. The summed E-state index contributed by atoms with van der Waals surface area (Å²) in [5, 5.41) is 3.06. The molecular formula is C17H21N5O. The van der Waals surface area contributed by atoms with Gasteiger partial charge >= 0.3 is 0 Å². The van der Waals surface area contributed by atoms with Crippen molar-refractivity contribution in [3.05, 3.63) is 29.6 Å². The van der Waals surface area contributed by atoms with Crippen LogP contribution >= 0.6 is 0 Å². The first-order valence-electron chi connectivity index (χ1n) is 8.29. The van der Waals surface area contributed by atoms with Crippen molar-refractivity contribution in [1.82, 2.24) is 19.9 Å². The SMILES string of the molecule is CCn1c(-c2ccnc(N)n2)cc2c1C(C1CCC1)CNC2=O. The molecule has 2 aromatic rings. The molecule has 1 aliphatic heterocycles. The van der Waals surface area contributed by atoms with Gasteiger partial charge in [-0.25, -0.2) is 9.97 Å². The molecule has 2 aliphatic rings. The molecule has 0 radical (unpaired) electrons. The van der Waals surface area contributed by atoms with Gasteiger partial charge in [-0.15, -0.1) is 0 Å². The van der Waals surface area contributed by atoms with E-state index in [0.29, 0.717) is 11.8 Å². The van der Waals surface area contributed by atoms with E-state index in [2.05, 4.69) is 26.8 Å². The quantitative estimate of drug-likeness (QED) is 0.909. The number of nitrogen functional groups attached to an aromatic ring is 1. The van der Waals surface area contributed by atoms with E-state index in [-0.39, 0.29) is 11.9 Å². The Morgan fingerprint density at radius 2 is 2.26 bits per heavy atom. The van der Waals surface area contributed by atoms with Gasteiger partial charge in [-0.2, -0.15) is 0 Å². The highest BCUT2D eigenvalue weighted by molar-refractivity contribution is 5.98. The Morgan fingerprint density at radius 3 is 2.91 bits per heavy atom. The van der Waals surface area contributed by atoms with Crippen LogP contribution in [0.5, 0.6) is 0 Å².